The van der Waals surface area contributed by atoms with Crippen LogP contribution in [0.4, 0.5) is 8.78 Å². The van der Waals surface area contributed by atoms with Gasteiger partial charge in [0.2, 0.25) is 0 Å². The second-order valence-corrected chi connectivity index (χ2v) is 5.86. The second-order valence-electron chi connectivity index (χ2n) is 5.86. The molecule has 2 aromatic carbocycles. The molecule has 0 unspecified atom stereocenters. The van der Waals surface area contributed by atoms with Crippen molar-refractivity contribution in [3.63, 3.8) is 0 Å². The summed E-state index contributed by atoms with van der Waals surface area (Å²) in [4.78, 5) is 0. The van der Waals surface area contributed by atoms with Gasteiger partial charge in [-0.25, -0.2) is 8.78 Å². The Labute approximate surface area is 124 Å². The van der Waals surface area contributed by atoms with E-state index in [4.69, 9.17) is 0 Å². The van der Waals surface area contributed by atoms with Crippen LogP contribution in [0.3, 0.4) is 0 Å². The molecular weight excluding hydrogens is 268 g/mol. The Kier molecular flexibility index (Phi) is 4.02. The fraction of sp³-hybridized carbons (Fsp3) is 0.333. The molecule has 110 valence electrons. The van der Waals surface area contributed by atoms with Gasteiger partial charge in [0.15, 0.2) is 0 Å². The summed E-state index contributed by atoms with van der Waals surface area (Å²) in [7, 11) is 0. The van der Waals surface area contributed by atoms with E-state index in [1.165, 1.54) is 18.2 Å². The normalized spacial score (nSPS) is 22.6. The molecule has 1 aliphatic carbocycles. The van der Waals surface area contributed by atoms with Crippen LogP contribution in [0.2, 0.25) is 0 Å². The lowest BCUT2D eigenvalue weighted by Crippen LogP contribution is -2.41. The molecule has 0 saturated heterocycles. The Morgan fingerprint density at radius 1 is 1.00 bits per heavy atom. The molecule has 21 heavy (non-hydrogen) atoms. The van der Waals surface area contributed by atoms with E-state index in [0.29, 0.717) is 12.0 Å². The number of nitrogens with one attached hydrogen (secondary N) is 1. The van der Waals surface area contributed by atoms with E-state index >= 15 is 0 Å². The van der Waals surface area contributed by atoms with Gasteiger partial charge in [-0.1, -0.05) is 24.3 Å². The quantitative estimate of drug-likeness (QED) is 0.869. The highest BCUT2D eigenvalue weighted by Gasteiger charge is 2.31. The third-order valence-corrected chi connectivity index (χ3v) is 4.31. The first-order valence-electron chi connectivity index (χ1n) is 7.39. The Hall–Kier alpha value is -1.74. The molecule has 1 aliphatic rings. The van der Waals surface area contributed by atoms with Crippen molar-refractivity contribution < 1.29 is 8.78 Å². The molecular formula is C18H19F2N. The SMILES string of the molecule is C[C@H](NC1CC(c2cccc(F)c2)C1)c1ccc(F)cc1. The van der Waals surface area contributed by atoms with Crippen molar-refractivity contribution in [1.82, 2.24) is 5.32 Å². The summed E-state index contributed by atoms with van der Waals surface area (Å²) in [6.07, 6.45) is 2.05. The van der Waals surface area contributed by atoms with E-state index in [1.54, 1.807) is 12.1 Å². The number of rotatable bonds is 4. The summed E-state index contributed by atoms with van der Waals surface area (Å²) in [5.41, 5.74) is 2.17. The fourth-order valence-electron chi connectivity index (χ4n) is 2.99. The zero-order chi connectivity index (χ0) is 14.8. The van der Waals surface area contributed by atoms with Crippen molar-refractivity contribution in [2.45, 2.75) is 37.8 Å². The zero-order valence-electron chi connectivity index (χ0n) is 12.0. The summed E-state index contributed by atoms with van der Waals surface area (Å²) >= 11 is 0. The van der Waals surface area contributed by atoms with Crippen LogP contribution in [0.1, 0.15) is 42.9 Å². The van der Waals surface area contributed by atoms with Gasteiger partial charge in [0.1, 0.15) is 11.6 Å². The minimum Gasteiger partial charge on any atom is -0.307 e. The smallest absolute Gasteiger partial charge is 0.123 e. The zero-order valence-corrected chi connectivity index (χ0v) is 12.0. The predicted molar refractivity (Wildman–Crippen MR) is 80.1 cm³/mol. The van der Waals surface area contributed by atoms with Crippen LogP contribution in [-0.2, 0) is 0 Å². The topological polar surface area (TPSA) is 12.0 Å². The molecule has 1 nitrogen and oxygen atoms in total. The molecule has 0 radical (unpaired) electrons. The lowest BCUT2D eigenvalue weighted by Gasteiger charge is -2.38. The molecule has 0 aromatic heterocycles. The molecule has 1 atom stereocenters. The van der Waals surface area contributed by atoms with Crippen LogP contribution in [0, 0.1) is 11.6 Å². The minimum absolute atomic E-state index is 0.163. The van der Waals surface area contributed by atoms with Crippen LogP contribution < -0.4 is 5.32 Å². The predicted octanol–water partition coefficient (Wildman–Crippen LogP) is 4.56. The van der Waals surface area contributed by atoms with Gasteiger partial charge in [0.25, 0.3) is 0 Å². The number of halogens is 2. The Morgan fingerprint density at radius 3 is 2.38 bits per heavy atom. The molecule has 0 heterocycles. The summed E-state index contributed by atoms with van der Waals surface area (Å²) < 4.78 is 26.1. The van der Waals surface area contributed by atoms with Crippen LogP contribution in [0.5, 0.6) is 0 Å². The van der Waals surface area contributed by atoms with Gasteiger partial charge in [-0.2, -0.15) is 0 Å². The highest BCUT2D eigenvalue weighted by molar-refractivity contribution is 5.24. The van der Waals surface area contributed by atoms with Crippen LogP contribution in [0.25, 0.3) is 0 Å². The van der Waals surface area contributed by atoms with Crippen LogP contribution in [-0.4, -0.2) is 6.04 Å². The minimum atomic E-state index is -0.208. The van der Waals surface area contributed by atoms with Gasteiger partial charge in [0.05, 0.1) is 0 Å². The fourth-order valence-corrected chi connectivity index (χ4v) is 2.99. The molecule has 0 aliphatic heterocycles. The maximum absolute atomic E-state index is 13.2. The Bertz CT molecular complexity index is 603. The molecule has 1 N–H and O–H groups in total. The van der Waals surface area contributed by atoms with E-state index in [-0.39, 0.29) is 17.7 Å². The van der Waals surface area contributed by atoms with E-state index in [1.807, 2.05) is 18.2 Å². The molecule has 0 bridgehead atoms. The maximum Gasteiger partial charge on any atom is 0.123 e. The number of hydrogen-bond donors (Lipinski definition) is 1. The summed E-state index contributed by atoms with van der Waals surface area (Å²) in [6, 6.07) is 14.1. The Balaban J connectivity index is 1.54. The van der Waals surface area contributed by atoms with Crippen LogP contribution in [0.15, 0.2) is 48.5 Å². The molecule has 0 spiro atoms. The first-order chi connectivity index (χ1) is 10.1. The van der Waals surface area contributed by atoms with Gasteiger partial charge >= 0.3 is 0 Å². The first-order valence-corrected chi connectivity index (χ1v) is 7.39. The number of benzene rings is 2. The van der Waals surface area contributed by atoms with Gasteiger partial charge in [0, 0.05) is 12.1 Å². The lowest BCUT2D eigenvalue weighted by molar-refractivity contribution is 0.270. The average molecular weight is 287 g/mol. The molecule has 1 fully saturated rings. The molecule has 1 saturated carbocycles. The van der Waals surface area contributed by atoms with Crippen molar-refractivity contribution in [3.8, 4) is 0 Å². The summed E-state index contributed by atoms with van der Waals surface area (Å²) in [5, 5.41) is 3.55. The standard InChI is InChI=1S/C18H19F2N/c1-12(13-5-7-16(19)8-6-13)21-18-10-15(11-18)14-3-2-4-17(20)9-14/h2-9,12,15,18,21H,10-11H2,1H3/t12-,15?,18?/m0/s1. The summed E-state index contributed by atoms with van der Waals surface area (Å²) in [5.74, 6) is 0.0722. The second kappa shape index (κ2) is 5.94. The van der Waals surface area contributed by atoms with Gasteiger partial charge < -0.3 is 5.32 Å². The highest BCUT2D eigenvalue weighted by Crippen LogP contribution is 2.38. The van der Waals surface area contributed by atoms with Crippen LogP contribution >= 0.6 is 0 Å². The largest absolute Gasteiger partial charge is 0.307 e. The monoisotopic (exact) mass is 287 g/mol. The number of hydrogen-bond acceptors (Lipinski definition) is 1. The maximum atomic E-state index is 13.2. The van der Waals surface area contributed by atoms with E-state index in [2.05, 4.69) is 12.2 Å². The summed E-state index contributed by atoms with van der Waals surface area (Å²) in [6.45, 7) is 2.09. The third-order valence-electron chi connectivity index (χ3n) is 4.31. The van der Waals surface area contributed by atoms with Crippen molar-refractivity contribution >= 4 is 0 Å². The van der Waals surface area contributed by atoms with E-state index in [9.17, 15) is 8.78 Å². The van der Waals surface area contributed by atoms with Crippen molar-refractivity contribution in [2.24, 2.45) is 0 Å². The van der Waals surface area contributed by atoms with Gasteiger partial charge in [-0.15, -0.1) is 0 Å². The molecule has 3 heteroatoms. The lowest BCUT2D eigenvalue weighted by atomic mass is 9.75. The van der Waals surface area contributed by atoms with Gasteiger partial charge in [-0.05, 0) is 61.1 Å². The van der Waals surface area contributed by atoms with Gasteiger partial charge in [-0.3, -0.25) is 0 Å². The molecule has 2 aromatic rings. The van der Waals surface area contributed by atoms with E-state index < -0.39 is 0 Å². The van der Waals surface area contributed by atoms with Crippen molar-refractivity contribution in [3.05, 3.63) is 71.3 Å². The third kappa shape index (κ3) is 3.30. The Morgan fingerprint density at radius 2 is 1.71 bits per heavy atom. The van der Waals surface area contributed by atoms with E-state index in [0.717, 1.165) is 24.0 Å². The first kappa shape index (κ1) is 14.2. The van der Waals surface area contributed by atoms with Crippen molar-refractivity contribution in [2.75, 3.05) is 0 Å². The molecule has 3 rings (SSSR count). The average Bonchev–Trinajstić information content (AvgIpc) is 2.43. The van der Waals surface area contributed by atoms with Crippen molar-refractivity contribution in [1.29, 1.82) is 0 Å². The molecule has 0 amide bonds. The highest BCUT2D eigenvalue weighted by atomic mass is 19.1.